The lowest BCUT2D eigenvalue weighted by molar-refractivity contribution is -0.246. The summed E-state index contributed by atoms with van der Waals surface area (Å²) in [4.78, 5) is 5.65. The van der Waals surface area contributed by atoms with Crippen LogP contribution < -0.4 is 0 Å². The van der Waals surface area contributed by atoms with Crippen molar-refractivity contribution in [2.24, 2.45) is 0 Å². The van der Waals surface area contributed by atoms with E-state index in [4.69, 9.17) is 14.6 Å². The zero-order chi connectivity index (χ0) is 14.9. The maximum absolute atomic E-state index is 8.87. The second-order valence-corrected chi connectivity index (χ2v) is 11.3. The molecule has 1 N–H and O–H groups in total. The molecule has 0 saturated heterocycles. The van der Waals surface area contributed by atoms with Gasteiger partial charge in [0.2, 0.25) is 8.32 Å². The molecule has 0 aliphatic carbocycles. The molecule has 0 spiro atoms. The molecule has 0 bridgehead atoms. The zero-order valence-electron chi connectivity index (χ0n) is 13.5. The van der Waals surface area contributed by atoms with Gasteiger partial charge in [0.1, 0.15) is 6.10 Å². The Morgan fingerprint density at radius 2 is 1.84 bits per heavy atom. The smallest absolute Gasteiger partial charge is 0.238 e. The average Bonchev–Trinajstić information content (AvgIpc) is 2.30. The monoisotopic (exact) mass is 288 g/mol. The van der Waals surface area contributed by atoms with E-state index in [1.54, 1.807) is 6.08 Å². The third-order valence-electron chi connectivity index (χ3n) is 3.73. The van der Waals surface area contributed by atoms with E-state index in [-0.39, 0.29) is 17.7 Å². The summed E-state index contributed by atoms with van der Waals surface area (Å²) in [6.07, 6.45) is 8.05. The average molecular weight is 289 g/mol. The first-order chi connectivity index (χ1) is 8.74. The zero-order valence-corrected chi connectivity index (χ0v) is 14.5. The van der Waals surface area contributed by atoms with Crippen LogP contribution in [0.5, 0.6) is 0 Å². The summed E-state index contributed by atoms with van der Waals surface area (Å²) < 4.78 is 5.79. The van der Waals surface area contributed by atoms with Crippen molar-refractivity contribution in [2.75, 3.05) is 6.61 Å². The molecular formula is C15H32O3Si. The lowest BCUT2D eigenvalue weighted by Crippen LogP contribution is -2.41. The van der Waals surface area contributed by atoms with E-state index in [0.717, 1.165) is 12.8 Å². The molecule has 0 aromatic carbocycles. The van der Waals surface area contributed by atoms with Crippen molar-refractivity contribution < 1.29 is 14.6 Å². The molecule has 0 fully saturated rings. The molecule has 0 amide bonds. The Labute approximate surface area is 120 Å². The third kappa shape index (κ3) is 7.87. The van der Waals surface area contributed by atoms with Crippen molar-refractivity contribution >= 4 is 8.32 Å². The van der Waals surface area contributed by atoms with Crippen LogP contribution in [-0.2, 0) is 9.46 Å². The SMILES string of the molecule is CCCCCC(/C=C\CO)OO[Si](C)(C)C(C)(C)C. The van der Waals surface area contributed by atoms with Gasteiger partial charge in [-0.1, -0.05) is 59.1 Å². The molecule has 1 atom stereocenters. The molecule has 0 heterocycles. The fourth-order valence-corrected chi connectivity index (χ4v) is 1.91. The molecule has 4 heteroatoms. The van der Waals surface area contributed by atoms with Crippen LogP contribution in [0.25, 0.3) is 0 Å². The summed E-state index contributed by atoms with van der Waals surface area (Å²) in [5, 5.41) is 9.01. The molecule has 0 radical (unpaired) electrons. The van der Waals surface area contributed by atoms with Crippen LogP contribution in [0.3, 0.4) is 0 Å². The minimum Gasteiger partial charge on any atom is -0.392 e. The van der Waals surface area contributed by atoms with Crippen molar-refractivity contribution in [3.8, 4) is 0 Å². The standard InChI is InChI=1S/C15H32O3Si/c1-7-8-9-11-14(12-10-13-16)17-18-19(5,6)15(2,3)4/h10,12,14,16H,7-9,11,13H2,1-6H3/b12-10-. The van der Waals surface area contributed by atoms with E-state index in [1.807, 2.05) is 6.08 Å². The normalized spacial score (nSPS) is 15.1. The minimum atomic E-state index is -1.87. The van der Waals surface area contributed by atoms with Crippen molar-refractivity contribution in [2.45, 2.75) is 77.6 Å². The molecule has 0 aromatic rings. The van der Waals surface area contributed by atoms with Gasteiger partial charge in [-0.25, -0.2) is 4.89 Å². The highest BCUT2D eigenvalue weighted by molar-refractivity contribution is 6.73. The Bertz CT molecular complexity index is 257. The summed E-state index contributed by atoms with van der Waals surface area (Å²) in [5.41, 5.74) is 0. The Balaban J connectivity index is 4.36. The maximum Gasteiger partial charge on any atom is 0.238 e. The van der Waals surface area contributed by atoms with Gasteiger partial charge in [-0.15, -0.1) is 0 Å². The molecule has 0 aliphatic heterocycles. The topological polar surface area (TPSA) is 38.7 Å². The maximum atomic E-state index is 8.87. The first kappa shape index (κ1) is 18.8. The quantitative estimate of drug-likeness (QED) is 0.224. The molecule has 114 valence electrons. The number of aliphatic hydroxyl groups excluding tert-OH is 1. The molecule has 3 nitrogen and oxygen atoms in total. The number of hydrogen-bond acceptors (Lipinski definition) is 3. The van der Waals surface area contributed by atoms with Gasteiger partial charge in [-0.2, -0.15) is 0 Å². The highest BCUT2D eigenvalue weighted by Gasteiger charge is 2.39. The predicted octanol–water partition coefficient (Wildman–Crippen LogP) is 4.44. The fraction of sp³-hybridized carbons (Fsp3) is 0.867. The molecule has 0 aliphatic rings. The van der Waals surface area contributed by atoms with Crippen LogP contribution in [0.2, 0.25) is 18.1 Å². The van der Waals surface area contributed by atoms with Gasteiger partial charge < -0.3 is 5.11 Å². The summed E-state index contributed by atoms with van der Waals surface area (Å²) >= 11 is 0. The Morgan fingerprint density at radius 1 is 1.21 bits per heavy atom. The van der Waals surface area contributed by atoms with E-state index in [0.29, 0.717) is 0 Å². The van der Waals surface area contributed by atoms with Gasteiger partial charge in [-0.3, -0.25) is 4.58 Å². The second kappa shape index (κ2) is 8.90. The van der Waals surface area contributed by atoms with E-state index in [1.165, 1.54) is 12.8 Å². The van der Waals surface area contributed by atoms with E-state index < -0.39 is 8.32 Å². The van der Waals surface area contributed by atoms with Gasteiger partial charge >= 0.3 is 0 Å². The lowest BCUT2D eigenvalue weighted by atomic mass is 10.1. The van der Waals surface area contributed by atoms with E-state index in [9.17, 15) is 0 Å². The van der Waals surface area contributed by atoms with E-state index >= 15 is 0 Å². The van der Waals surface area contributed by atoms with Crippen LogP contribution >= 0.6 is 0 Å². The first-order valence-corrected chi connectivity index (χ1v) is 10.3. The fourth-order valence-electron chi connectivity index (χ4n) is 1.29. The Morgan fingerprint density at radius 3 is 2.32 bits per heavy atom. The number of rotatable bonds is 9. The van der Waals surface area contributed by atoms with Crippen molar-refractivity contribution in [3.05, 3.63) is 12.2 Å². The molecule has 1 unspecified atom stereocenters. The van der Waals surface area contributed by atoms with Crippen LogP contribution in [0.1, 0.15) is 53.4 Å². The van der Waals surface area contributed by atoms with Gasteiger partial charge in [-0.05, 0) is 24.6 Å². The number of aliphatic hydroxyl groups is 1. The predicted molar refractivity (Wildman–Crippen MR) is 83.5 cm³/mol. The summed E-state index contributed by atoms with van der Waals surface area (Å²) in [7, 11) is -1.87. The summed E-state index contributed by atoms with van der Waals surface area (Å²) in [5.74, 6) is 0. The molecule has 0 aromatic heterocycles. The van der Waals surface area contributed by atoms with Crippen molar-refractivity contribution in [3.63, 3.8) is 0 Å². The highest BCUT2D eigenvalue weighted by atomic mass is 28.4. The van der Waals surface area contributed by atoms with Gasteiger partial charge in [0, 0.05) is 0 Å². The molecule has 0 rings (SSSR count). The Hall–Kier alpha value is -0.163. The summed E-state index contributed by atoms with van der Waals surface area (Å²) in [6, 6.07) is 0. The Kier molecular flexibility index (Phi) is 8.82. The molecule has 19 heavy (non-hydrogen) atoms. The third-order valence-corrected chi connectivity index (χ3v) is 7.86. The van der Waals surface area contributed by atoms with Crippen LogP contribution in [-0.4, -0.2) is 26.1 Å². The van der Waals surface area contributed by atoms with E-state index in [2.05, 4.69) is 40.8 Å². The largest absolute Gasteiger partial charge is 0.392 e. The first-order valence-electron chi connectivity index (χ1n) is 7.36. The minimum absolute atomic E-state index is 0.0483. The second-order valence-electron chi connectivity index (χ2n) is 6.58. The molecule has 0 saturated carbocycles. The highest BCUT2D eigenvalue weighted by Crippen LogP contribution is 2.37. The van der Waals surface area contributed by atoms with Crippen molar-refractivity contribution in [1.82, 2.24) is 0 Å². The molecular weight excluding hydrogens is 256 g/mol. The number of unbranched alkanes of at least 4 members (excludes halogenated alkanes) is 2. The lowest BCUT2D eigenvalue weighted by Gasteiger charge is -2.35. The van der Waals surface area contributed by atoms with Crippen LogP contribution in [0, 0.1) is 0 Å². The van der Waals surface area contributed by atoms with Crippen LogP contribution in [0.4, 0.5) is 0 Å². The number of hydrogen-bond donors (Lipinski definition) is 1. The van der Waals surface area contributed by atoms with Gasteiger partial charge in [0.05, 0.1) is 6.61 Å². The summed E-state index contributed by atoms with van der Waals surface area (Å²) in [6.45, 7) is 13.2. The van der Waals surface area contributed by atoms with Crippen LogP contribution in [0.15, 0.2) is 12.2 Å². The van der Waals surface area contributed by atoms with Crippen molar-refractivity contribution in [1.29, 1.82) is 0 Å². The van der Waals surface area contributed by atoms with Gasteiger partial charge in [0.15, 0.2) is 0 Å². The van der Waals surface area contributed by atoms with Gasteiger partial charge in [0.25, 0.3) is 0 Å².